The molecule has 0 radical (unpaired) electrons. The lowest BCUT2D eigenvalue weighted by atomic mass is 10.1. The van der Waals surface area contributed by atoms with Crippen molar-refractivity contribution >= 4 is 17.5 Å². The molecule has 4 heteroatoms. The second-order valence-corrected chi connectivity index (χ2v) is 6.33. The normalized spacial score (nSPS) is 10.8. The molecule has 0 aliphatic heterocycles. The van der Waals surface area contributed by atoms with E-state index >= 15 is 0 Å². The van der Waals surface area contributed by atoms with Gasteiger partial charge in [-0.25, -0.2) is 9.69 Å². The third-order valence-corrected chi connectivity index (χ3v) is 3.28. The highest BCUT2D eigenvalue weighted by Gasteiger charge is 2.26. The van der Waals surface area contributed by atoms with Gasteiger partial charge < -0.3 is 9.47 Å². The van der Waals surface area contributed by atoms with E-state index in [1.165, 1.54) is 4.90 Å². The third kappa shape index (κ3) is 4.38. The number of ether oxygens (including phenoxy) is 2. The Hall–Kier alpha value is -2.75. The summed E-state index contributed by atoms with van der Waals surface area (Å²) in [5, 5.41) is 0. The lowest BCUT2D eigenvalue weighted by molar-refractivity contribution is 0.0600. The number of hydrogen-bond donors (Lipinski definition) is 0. The summed E-state index contributed by atoms with van der Waals surface area (Å²) in [6.07, 6.45) is -0.471. The van der Waals surface area contributed by atoms with Gasteiger partial charge in [-0.3, -0.25) is 0 Å². The fourth-order valence-corrected chi connectivity index (χ4v) is 2.17. The zero-order valence-corrected chi connectivity index (χ0v) is 14.6. The molecule has 0 atom stereocenters. The summed E-state index contributed by atoms with van der Waals surface area (Å²) in [5.41, 5.74) is 1.46. The Labute approximate surface area is 143 Å². The van der Waals surface area contributed by atoms with Crippen molar-refractivity contribution in [1.29, 1.82) is 0 Å². The molecule has 0 aromatic heterocycles. The topological polar surface area (TPSA) is 38.8 Å². The van der Waals surface area contributed by atoms with E-state index in [9.17, 15) is 4.79 Å². The van der Waals surface area contributed by atoms with Crippen molar-refractivity contribution in [2.75, 3.05) is 12.0 Å². The number of carbonyl (C=O) groups excluding carboxylic acids is 1. The molecule has 2 rings (SSSR count). The molecule has 24 heavy (non-hydrogen) atoms. The summed E-state index contributed by atoms with van der Waals surface area (Å²) in [5.74, 6) is 0.716. The van der Waals surface area contributed by atoms with Crippen LogP contribution in [-0.4, -0.2) is 18.8 Å². The quantitative estimate of drug-likeness (QED) is 0.784. The van der Waals surface area contributed by atoms with Gasteiger partial charge in [0.05, 0.1) is 18.5 Å². The molecule has 1 amide bonds. The molecule has 0 fully saturated rings. The van der Waals surface area contributed by atoms with Gasteiger partial charge in [-0.2, -0.15) is 0 Å². The van der Waals surface area contributed by atoms with Crippen molar-refractivity contribution in [3.05, 3.63) is 66.7 Å². The van der Waals surface area contributed by atoms with Crippen LogP contribution in [0.5, 0.6) is 5.75 Å². The predicted molar refractivity (Wildman–Crippen MR) is 97.2 cm³/mol. The van der Waals surface area contributed by atoms with Crippen LogP contribution in [0.3, 0.4) is 0 Å². The second-order valence-electron chi connectivity index (χ2n) is 6.33. The number of amides is 1. The molecule has 0 N–H and O–H groups in total. The minimum atomic E-state index is -0.598. The van der Waals surface area contributed by atoms with Crippen LogP contribution in [0.15, 0.2) is 61.2 Å². The van der Waals surface area contributed by atoms with Gasteiger partial charge in [0.25, 0.3) is 0 Å². The lowest BCUT2D eigenvalue weighted by Crippen LogP contribution is -2.35. The van der Waals surface area contributed by atoms with Gasteiger partial charge in [-0.05, 0) is 50.6 Å². The van der Waals surface area contributed by atoms with E-state index in [1.807, 2.05) is 51.1 Å². The molecule has 0 unspecified atom stereocenters. The van der Waals surface area contributed by atoms with Crippen molar-refractivity contribution in [3.63, 3.8) is 0 Å². The highest BCUT2D eigenvalue weighted by atomic mass is 16.6. The summed E-state index contributed by atoms with van der Waals surface area (Å²) in [6, 6.07) is 16.7. The maximum Gasteiger partial charge on any atom is 0.419 e. The highest BCUT2D eigenvalue weighted by molar-refractivity contribution is 6.02. The van der Waals surface area contributed by atoms with Crippen LogP contribution < -0.4 is 9.64 Å². The minimum absolute atomic E-state index is 0.471. The Morgan fingerprint density at radius 1 is 1.00 bits per heavy atom. The second kappa shape index (κ2) is 7.21. The van der Waals surface area contributed by atoms with Crippen LogP contribution >= 0.6 is 0 Å². The molecular formula is C20H23NO3. The van der Waals surface area contributed by atoms with Crippen LogP contribution in [0, 0.1) is 0 Å². The molecule has 0 heterocycles. The van der Waals surface area contributed by atoms with Gasteiger partial charge in [-0.1, -0.05) is 36.9 Å². The maximum atomic E-state index is 12.7. The SMILES string of the molecule is C=C(c1ccccc1)N(C(=O)OC(C)(C)C)c1ccc(OC)cc1. The van der Waals surface area contributed by atoms with Crippen molar-refractivity contribution in [2.45, 2.75) is 26.4 Å². The average Bonchev–Trinajstić information content (AvgIpc) is 2.55. The monoisotopic (exact) mass is 325 g/mol. The van der Waals surface area contributed by atoms with Gasteiger partial charge in [0.1, 0.15) is 11.4 Å². The first-order valence-electron chi connectivity index (χ1n) is 7.73. The van der Waals surface area contributed by atoms with Crippen LogP contribution in [-0.2, 0) is 4.74 Å². The Bertz CT molecular complexity index is 700. The zero-order chi connectivity index (χ0) is 17.7. The molecule has 126 valence electrons. The average molecular weight is 325 g/mol. The van der Waals surface area contributed by atoms with Gasteiger partial charge >= 0.3 is 6.09 Å². The summed E-state index contributed by atoms with van der Waals surface area (Å²) in [7, 11) is 1.60. The molecule has 2 aromatic rings. The largest absolute Gasteiger partial charge is 0.497 e. The van der Waals surface area contributed by atoms with Crippen LogP contribution in [0.2, 0.25) is 0 Å². The number of anilines is 1. The molecule has 2 aromatic carbocycles. The molecule has 0 saturated heterocycles. The minimum Gasteiger partial charge on any atom is -0.497 e. The molecular weight excluding hydrogens is 302 g/mol. The Morgan fingerprint density at radius 2 is 1.58 bits per heavy atom. The van der Waals surface area contributed by atoms with E-state index < -0.39 is 11.7 Å². The standard InChI is InChI=1S/C20H23NO3/c1-15(16-9-7-6-8-10-16)21(19(22)24-20(2,3)4)17-11-13-18(23-5)14-12-17/h6-14H,1H2,2-5H3. The lowest BCUT2D eigenvalue weighted by Gasteiger charge is -2.29. The number of rotatable bonds is 4. The smallest absolute Gasteiger partial charge is 0.419 e. The van der Waals surface area contributed by atoms with E-state index in [1.54, 1.807) is 31.4 Å². The van der Waals surface area contributed by atoms with Gasteiger partial charge in [0, 0.05) is 0 Å². The van der Waals surface area contributed by atoms with Crippen molar-refractivity contribution in [3.8, 4) is 5.75 Å². The Kier molecular flexibility index (Phi) is 5.29. The van der Waals surface area contributed by atoms with E-state index in [0.717, 1.165) is 5.56 Å². The first-order valence-corrected chi connectivity index (χ1v) is 7.73. The van der Waals surface area contributed by atoms with E-state index in [-0.39, 0.29) is 0 Å². The number of methoxy groups -OCH3 is 1. The molecule has 4 nitrogen and oxygen atoms in total. The Balaban J connectivity index is 2.40. The number of nitrogens with zero attached hydrogens (tertiary/aromatic N) is 1. The van der Waals surface area contributed by atoms with Gasteiger partial charge in [-0.15, -0.1) is 0 Å². The van der Waals surface area contributed by atoms with Crippen LogP contribution in [0.4, 0.5) is 10.5 Å². The van der Waals surface area contributed by atoms with E-state index in [4.69, 9.17) is 9.47 Å². The number of carbonyl (C=O) groups is 1. The fourth-order valence-electron chi connectivity index (χ4n) is 2.17. The maximum absolute atomic E-state index is 12.7. The summed E-state index contributed by atoms with van der Waals surface area (Å²) < 4.78 is 10.7. The van der Waals surface area contributed by atoms with Crippen LogP contribution in [0.25, 0.3) is 5.70 Å². The summed E-state index contributed by atoms with van der Waals surface area (Å²) >= 11 is 0. The number of hydrogen-bond acceptors (Lipinski definition) is 3. The molecule has 0 aliphatic rings. The Morgan fingerprint density at radius 3 is 2.08 bits per heavy atom. The van der Waals surface area contributed by atoms with Crippen LogP contribution in [0.1, 0.15) is 26.3 Å². The fraction of sp³-hybridized carbons (Fsp3) is 0.250. The first kappa shape index (κ1) is 17.6. The first-order chi connectivity index (χ1) is 11.3. The van der Waals surface area contributed by atoms with E-state index in [0.29, 0.717) is 17.1 Å². The summed E-state index contributed by atoms with van der Waals surface area (Å²) in [4.78, 5) is 14.2. The molecule has 0 bridgehead atoms. The molecule has 0 spiro atoms. The van der Waals surface area contributed by atoms with Crippen molar-refractivity contribution in [2.24, 2.45) is 0 Å². The number of benzene rings is 2. The molecule has 0 aliphatic carbocycles. The predicted octanol–water partition coefficient (Wildman–Crippen LogP) is 5.11. The zero-order valence-electron chi connectivity index (χ0n) is 14.6. The summed E-state index contributed by atoms with van der Waals surface area (Å²) in [6.45, 7) is 9.60. The van der Waals surface area contributed by atoms with E-state index in [2.05, 4.69) is 6.58 Å². The molecule has 0 saturated carbocycles. The van der Waals surface area contributed by atoms with Crippen molar-refractivity contribution in [1.82, 2.24) is 0 Å². The van der Waals surface area contributed by atoms with Gasteiger partial charge in [0.15, 0.2) is 0 Å². The third-order valence-electron chi connectivity index (χ3n) is 3.28. The van der Waals surface area contributed by atoms with Gasteiger partial charge in [0.2, 0.25) is 0 Å². The highest BCUT2D eigenvalue weighted by Crippen LogP contribution is 2.28. The van der Waals surface area contributed by atoms with Crippen molar-refractivity contribution < 1.29 is 14.3 Å².